The summed E-state index contributed by atoms with van der Waals surface area (Å²) in [5.41, 5.74) is 6.54. The lowest BCUT2D eigenvalue weighted by molar-refractivity contribution is 0.00819. The van der Waals surface area contributed by atoms with Crippen molar-refractivity contribution in [2.45, 2.75) is 38.8 Å². The molecule has 0 aliphatic heterocycles. The van der Waals surface area contributed by atoms with Gasteiger partial charge >= 0.3 is 6.68 Å². The van der Waals surface area contributed by atoms with Crippen LogP contribution in [0.2, 0.25) is 0 Å². The number of nitrogen functional groups attached to an aromatic ring is 1. The molecule has 0 amide bonds. The number of hydrogen-bond donors (Lipinski definition) is 1. The summed E-state index contributed by atoms with van der Waals surface area (Å²) in [5, 5.41) is 7.69. The van der Waals surface area contributed by atoms with E-state index < -0.39 is 6.68 Å². The third-order valence-electron chi connectivity index (χ3n) is 3.20. The lowest BCUT2D eigenvalue weighted by Crippen LogP contribution is -2.03. The van der Waals surface area contributed by atoms with Crippen LogP contribution in [-0.4, -0.2) is 24.0 Å². The maximum absolute atomic E-state index is 9.67. The maximum Gasteiger partial charge on any atom is 0.379 e. The second-order valence-electron chi connectivity index (χ2n) is 4.74. The number of nitrogens with two attached hydrogens (primary N) is 1. The van der Waals surface area contributed by atoms with Crippen LogP contribution in [0.25, 0.3) is 6.08 Å². The Balaban J connectivity index is 0.000000491. The average Bonchev–Trinajstić information content (AvgIpc) is 2.46. The quantitative estimate of drug-likeness (QED) is 0.921. The van der Waals surface area contributed by atoms with Crippen LogP contribution in [0.15, 0.2) is 12.1 Å². The molecule has 4 nitrogen and oxygen atoms in total. The van der Waals surface area contributed by atoms with Gasteiger partial charge in [0.2, 0.25) is 5.88 Å². The minimum Gasteiger partial charge on any atom is -0.479 e. The molecule has 0 saturated heterocycles. The molecule has 0 atom stereocenters. The molecule has 0 unspecified atom stereocenters. The lowest BCUT2D eigenvalue weighted by atomic mass is 9.89. The van der Waals surface area contributed by atoms with Gasteiger partial charge in [0.05, 0.1) is 7.11 Å². The van der Waals surface area contributed by atoms with Crippen LogP contribution in [0.4, 0.5) is 19.0 Å². The molecule has 1 aromatic heterocycles. The van der Waals surface area contributed by atoms with E-state index in [-0.39, 0.29) is 0 Å². The lowest BCUT2D eigenvalue weighted by Gasteiger charge is -2.17. The molecule has 0 spiro atoms. The number of ether oxygens (including phenoxy) is 1. The standard InChI is InChI=1S/C13H19N3O.CHF3/c1-17-13-11(9-12(14)15-16-13)8-7-10-5-3-2-4-6-10;2-1(3)4/h7-10H,2-6H2,1H3,(H2,14,15);1H/b8-7+;. The van der Waals surface area contributed by atoms with Crippen LogP contribution in [0.3, 0.4) is 0 Å². The Bertz CT molecular complexity index is 446. The average molecular weight is 303 g/mol. The zero-order chi connectivity index (χ0) is 15.7. The number of rotatable bonds is 3. The summed E-state index contributed by atoms with van der Waals surface area (Å²) in [6, 6.07) is 1.80. The van der Waals surface area contributed by atoms with E-state index in [1.54, 1.807) is 13.2 Å². The molecule has 118 valence electrons. The van der Waals surface area contributed by atoms with E-state index in [1.165, 1.54) is 32.1 Å². The van der Waals surface area contributed by atoms with E-state index >= 15 is 0 Å². The van der Waals surface area contributed by atoms with Crippen molar-refractivity contribution in [2.75, 3.05) is 12.8 Å². The highest BCUT2D eigenvalue weighted by molar-refractivity contribution is 5.57. The number of hydrogen-bond acceptors (Lipinski definition) is 4. The molecule has 2 N–H and O–H groups in total. The smallest absolute Gasteiger partial charge is 0.379 e. The fraction of sp³-hybridized carbons (Fsp3) is 0.571. The van der Waals surface area contributed by atoms with E-state index in [0.29, 0.717) is 17.6 Å². The number of halogens is 3. The first-order chi connectivity index (χ1) is 10.0. The van der Waals surface area contributed by atoms with Crippen molar-refractivity contribution in [3.8, 4) is 5.88 Å². The minimum absolute atomic E-state index is 0.425. The summed E-state index contributed by atoms with van der Waals surface area (Å²) >= 11 is 0. The number of allylic oxidation sites excluding steroid dienone is 1. The molecule has 2 rings (SSSR count). The number of methoxy groups -OCH3 is 1. The second-order valence-corrected chi connectivity index (χ2v) is 4.74. The molecule has 0 bridgehead atoms. The molecule has 1 aliphatic carbocycles. The van der Waals surface area contributed by atoms with Gasteiger partial charge < -0.3 is 10.5 Å². The first kappa shape index (κ1) is 17.3. The van der Waals surface area contributed by atoms with Gasteiger partial charge in [-0.05, 0) is 24.8 Å². The van der Waals surface area contributed by atoms with E-state index in [0.717, 1.165) is 5.56 Å². The number of anilines is 1. The van der Waals surface area contributed by atoms with Crippen molar-refractivity contribution >= 4 is 11.9 Å². The Kier molecular flexibility index (Phi) is 7.56. The van der Waals surface area contributed by atoms with Crippen molar-refractivity contribution in [3.05, 3.63) is 17.7 Å². The second kappa shape index (κ2) is 9.20. The van der Waals surface area contributed by atoms with Crippen molar-refractivity contribution in [1.29, 1.82) is 0 Å². The SMILES string of the molecule is COc1nnc(N)cc1/C=C/C1CCCCC1.FC(F)F. The molecule has 1 heterocycles. The van der Waals surface area contributed by atoms with Gasteiger partial charge in [0.1, 0.15) is 5.82 Å². The van der Waals surface area contributed by atoms with Gasteiger partial charge in [-0.2, -0.15) is 13.2 Å². The van der Waals surface area contributed by atoms with Crippen LogP contribution in [0.1, 0.15) is 37.7 Å². The monoisotopic (exact) mass is 303 g/mol. The topological polar surface area (TPSA) is 61.0 Å². The summed E-state index contributed by atoms with van der Waals surface area (Å²) in [6.07, 6.45) is 10.9. The molecular weight excluding hydrogens is 283 g/mol. The molecule has 1 fully saturated rings. The van der Waals surface area contributed by atoms with E-state index in [1.807, 2.05) is 0 Å². The fourth-order valence-electron chi connectivity index (χ4n) is 2.26. The molecule has 0 radical (unpaired) electrons. The van der Waals surface area contributed by atoms with Gasteiger partial charge in [-0.15, -0.1) is 10.2 Å². The third-order valence-corrected chi connectivity index (χ3v) is 3.20. The zero-order valence-corrected chi connectivity index (χ0v) is 11.9. The van der Waals surface area contributed by atoms with Crippen molar-refractivity contribution in [2.24, 2.45) is 5.92 Å². The summed E-state index contributed by atoms with van der Waals surface area (Å²) in [7, 11) is 1.60. The summed E-state index contributed by atoms with van der Waals surface area (Å²) in [4.78, 5) is 0. The Morgan fingerprint density at radius 1 is 1.24 bits per heavy atom. The normalized spacial score (nSPS) is 15.9. The zero-order valence-electron chi connectivity index (χ0n) is 11.9. The van der Waals surface area contributed by atoms with E-state index in [4.69, 9.17) is 10.5 Å². The number of alkyl halides is 3. The van der Waals surface area contributed by atoms with Gasteiger partial charge in [0.25, 0.3) is 0 Å². The molecule has 7 heteroatoms. The highest BCUT2D eigenvalue weighted by Gasteiger charge is 2.10. The highest BCUT2D eigenvalue weighted by atomic mass is 19.4. The molecule has 1 aromatic rings. The summed E-state index contributed by atoms with van der Waals surface area (Å²) < 4.78 is 34.2. The number of nitrogens with zero attached hydrogens (tertiary/aromatic N) is 2. The fourth-order valence-corrected chi connectivity index (χ4v) is 2.26. The van der Waals surface area contributed by atoms with Crippen LogP contribution in [0.5, 0.6) is 5.88 Å². The van der Waals surface area contributed by atoms with Crippen molar-refractivity contribution in [3.63, 3.8) is 0 Å². The molecule has 1 aliphatic rings. The molecule has 1 saturated carbocycles. The van der Waals surface area contributed by atoms with Gasteiger partial charge in [-0.1, -0.05) is 31.4 Å². The Hall–Kier alpha value is -1.79. The summed E-state index contributed by atoms with van der Waals surface area (Å²) in [6.45, 7) is -3.67. The third kappa shape index (κ3) is 6.97. The molecule has 21 heavy (non-hydrogen) atoms. The van der Waals surface area contributed by atoms with Gasteiger partial charge in [0.15, 0.2) is 0 Å². The molecule has 0 aromatic carbocycles. The largest absolute Gasteiger partial charge is 0.479 e. The predicted octanol–water partition coefficient (Wildman–Crippen LogP) is 3.84. The van der Waals surface area contributed by atoms with Crippen LogP contribution in [0, 0.1) is 5.92 Å². The van der Waals surface area contributed by atoms with Gasteiger partial charge in [-0.25, -0.2) is 0 Å². The van der Waals surface area contributed by atoms with Crippen LogP contribution in [-0.2, 0) is 0 Å². The van der Waals surface area contributed by atoms with Crippen LogP contribution >= 0.6 is 0 Å². The Morgan fingerprint density at radius 3 is 2.43 bits per heavy atom. The van der Waals surface area contributed by atoms with Gasteiger partial charge in [-0.3, -0.25) is 0 Å². The van der Waals surface area contributed by atoms with E-state index in [9.17, 15) is 13.2 Å². The van der Waals surface area contributed by atoms with Crippen molar-refractivity contribution < 1.29 is 17.9 Å². The Morgan fingerprint density at radius 2 is 1.86 bits per heavy atom. The van der Waals surface area contributed by atoms with Crippen molar-refractivity contribution in [1.82, 2.24) is 10.2 Å². The predicted molar refractivity (Wildman–Crippen MR) is 75.7 cm³/mol. The van der Waals surface area contributed by atoms with E-state index in [2.05, 4.69) is 22.3 Å². The summed E-state index contributed by atoms with van der Waals surface area (Å²) in [5.74, 6) is 1.64. The highest BCUT2D eigenvalue weighted by Crippen LogP contribution is 2.26. The van der Waals surface area contributed by atoms with Crippen LogP contribution < -0.4 is 10.5 Å². The maximum atomic E-state index is 9.67. The number of aromatic nitrogens is 2. The first-order valence-electron chi connectivity index (χ1n) is 6.80. The van der Waals surface area contributed by atoms with Gasteiger partial charge in [0, 0.05) is 5.56 Å². The minimum atomic E-state index is -3.67. The Labute approximate surface area is 122 Å². The molecular formula is C14H20F3N3O. The first-order valence-corrected chi connectivity index (χ1v) is 6.80.